The summed E-state index contributed by atoms with van der Waals surface area (Å²) in [5.41, 5.74) is 0. The number of carboxylic acids is 1. The lowest BCUT2D eigenvalue weighted by Crippen LogP contribution is -2.40. The van der Waals surface area contributed by atoms with Gasteiger partial charge < -0.3 is 10.4 Å². The summed E-state index contributed by atoms with van der Waals surface area (Å²) in [5.74, 6) is -1.59. The molecule has 0 saturated heterocycles. The van der Waals surface area contributed by atoms with E-state index in [2.05, 4.69) is 12.2 Å². The minimum atomic E-state index is -0.824. The minimum Gasteiger partial charge on any atom is -0.481 e. The molecule has 24 heavy (non-hydrogen) atoms. The summed E-state index contributed by atoms with van der Waals surface area (Å²) < 4.78 is 0. The second-order valence-corrected chi connectivity index (χ2v) is 7.46. The Morgan fingerprint density at radius 2 is 1.46 bits per heavy atom. The van der Waals surface area contributed by atoms with Crippen LogP contribution in [-0.4, -0.2) is 23.5 Å². The van der Waals surface area contributed by atoms with Gasteiger partial charge in [-0.3, -0.25) is 9.59 Å². The zero-order valence-electron chi connectivity index (χ0n) is 15.0. The summed E-state index contributed by atoms with van der Waals surface area (Å²) in [6.45, 7) is 2.92. The zero-order chi connectivity index (χ0) is 17.4. The summed E-state index contributed by atoms with van der Waals surface area (Å²) >= 11 is 0. The molecule has 2 bridgehead atoms. The summed E-state index contributed by atoms with van der Waals surface area (Å²) in [6.07, 6.45) is 16.2. The Hall–Kier alpha value is -1.32. The highest BCUT2D eigenvalue weighted by Crippen LogP contribution is 2.48. The van der Waals surface area contributed by atoms with Gasteiger partial charge in [-0.2, -0.15) is 0 Å². The molecule has 4 atom stereocenters. The maximum Gasteiger partial charge on any atom is 0.307 e. The van der Waals surface area contributed by atoms with Crippen molar-refractivity contribution in [3.8, 4) is 0 Å². The van der Waals surface area contributed by atoms with Crippen LogP contribution < -0.4 is 5.32 Å². The third-order valence-corrected chi connectivity index (χ3v) is 5.63. The van der Waals surface area contributed by atoms with Gasteiger partial charge in [-0.05, 0) is 24.7 Å². The number of allylic oxidation sites excluding steroid dienone is 2. The fraction of sp³-hybridized carbons (Fsp3) is 0.800. The summed E-state index contributed by atoms with van der Waals surface area (Å²) in [6, 6.07) is 0. The van der Waals surface area contributed by atoms with Crippen molar-refractivity contribution in [2.75, 3.05) is 6.54 Å². The Bertz CT molecular complexity index is 446. The van der Waals surface area contributed by atoms with Crippen molar-refractivity contribution >= 4 is 11.9 Å². The SMILES string of the molecule is CCCCCCCCCCCNC(=O)C1C2C=CC(C2)C1C(=O)O. The summed E-state index contributed by atoms with van der Waals surface area (Å²) in [7, 11) is 0. The summed E-state index contributed by atoms with van der Waals surface area (Å²) in [5, 5.41) is 12.4. The maximum atomic E-state index is 12.4. The quantitative estimate of drug-likeness (QED) is 0.416. The average Bonchev–Trinajstić information content (AvgIpc) is 3.17. The number of carboxylic acid groups (broad SMARTS) is 1. The maximum absolute atomic E-state index is 12.4. The van der Waals surface area contributed by atoms with Crippen molar-refractivity contribution in [1.29, 1.82) is 0 Å². The monoisotopic (exact) mass is 335 g/mol. The molecule has 0 aromatic carbocycles. The van der Waals surface area contributed by atoms with Crippen LogP contribution in [0.25, 0.3) is 0 Å². The summed E-state index contributed by atoms with van der Waals surface area (Å²) in [4.78, 5) is 23.8. The van der Waals surface area contributed by atoms with Gasteiger partial charge >= 0.3 is 5.97 Å². The highest BCUT2D eigenvalue weighted by atomic mass is 16.4. The fourth-order valence-electron chi connectivity index (χ4n) is 4.28. The van der Waals surface area contributed by atoms with Crippen LogP contribution in [0.2, 0.25) is 0 Å². The number of hydrogen-bond donors (Lipinski definition) is 2. The van der Waals surface area contributed by atoms with E-state index in [4.69, 9.17) is 0 Å². The minimum absolute atomic E-state index is 0.0518. The van der Waals surface area contributed by atoms with Gasteiger partial charge in [-0.25, -0.2) is 0 Å². The lowest BCUT2D eigenvalue weighted by atomic mass is 9.82. The molecule has 0 aromatic heterocycles. The third kappa shape index (κ3) is 5.09. The molecule has 0 aromatic rings. The number of rotatable bonds is 12. The first-order valence-corrected chi connectivity index (χ1v) is 9.84. The number of nitrogens with one attached hydrogen (secondary N) is 1. The van der Waals surface area contributed by atoms with Crippen LogP contribution >= 0.6 is 0 Å². The first-order valence-electron chi connectivity index (χ1n) is 9.84. The first-order chi connectivity index (χ1) is 11.6. The van der Waals surface area contributed by atoms with E-state index in [0.717, 1.165) is 19.3 Å². The molecule has 0 spiro atoms. The molecule has 4 heteroatoms. The van der Waals surface area contributed by atoms with Crippen LogP contribution in [0.1, 0.15) is 71.1 Å². The van der Waals surface area contributed by atoms with Crippen LogP contribution in [0.3, 0.4) is 0 Å². The van der Waals surface area contributed by atoms with E-state index in [1.807, 2.05) is 12.2 Å². The molecule has 2 rings (SSSR count). The molecule has 1 saturated carbocycles. The molecule has 2 N–H and O–H groups in total. The molecule has 4 nitrogen and oxygen atoms in total. The van der Waals surface area contributed by atoms with Crippen LogP contribution in [0.15, 0.2) is 12.2 Å². The molecule has 4 unspecified atom stereocenters. The number of carbonyl (C=O) groups excluding carboxylic acids is 1. The molecule has 0 heterocycles. The van der Waals surface area contributed by atoms with E-state index in [1.54, 1.807) is 0 Å². The van der Waals surface area contributed by atoms with E-state index < -0.39 is 11.9 Å². The molecular weight excluding hydrogens is 302 g/mol. The molecule has 0 aliphatic heterocycles. The largest absolute Gasteiger partial charge is 0.481 e. The number of amides is 1. The van der Waals surface area contributed by atoms with Crippen LogP contribution in [-0.2, 0) is 9.59 Å². The molecule has 2 aliphatic rings. The Kier molecular flexibility index (Phi) is 7.80. The third-order valence-electron chi connectivity index (χ3n) is 5.63. The van der Waals surface area contributed by atoms with E-state index >= 15 is 0 Å². The van der Waals surface area contributed by atoms with Crippen molar-refractivity contribution in [1.82, 2.24) is 5.32 Å². The number of aliphatic carboxylic acids is 1. The Balaban J connectivity index is 1.55. The highest BCUT2D eigenvalue weighted by molar-refractivity contribution is 5.86. The second kappa shape index (κ2) is 9.85. The van der Waals surface area contributed by atoms with Gasteiger partial charge in [-0.1, -0.05) is 70.4 Å². The fourth-order valence-corrected chi connectivity index (χ4v) is 4.28. The van der Waals surface area contributed by atoms with Crippen molar-refractivity contribution in [2.24, 2.45) is 23.7 Å². The van der Waals surface area contributed by atoms with Crippen molar-refractivity contribution in [3.63, 3.8) is 0 Å². The van der Waals surface area contributed by atoms with E-state index in [9.17, 15) is 14.7 Å². The topological polar surface area (TPSA) is 66.4 Å². The Morgan fingerprint density at radius 3 is 2.04 bits per heavy atom. The second-order valence-electron chi connectivity index (χ2n) is 7.46. The standard InChI is InChI=1S/C20H33NO3/c1-2-3-4-5-6-7-8-9-10-13-21-19(22)17-15-11-12-16(14-15)18(17)20(23)24/h11-12,15-18H,2-10,13-14H2,1H3,(H,21,22)(H,23,24). The average molecular weight is 335 g/mol. The predicted octanol–water partition coefficient (Wildman–Crippen LogP) is 4.16. The van der Waals surface area contributed by atoms with E-state index in [1.165, 1.54) is 44.9 Å². The van der Waals surface area contributed by atoms with Crippen LogP contribution in [0, 0.1) is 23.7 Å². The van der Waals surface area contributed by atoms with Gasteiger partial charge in [0.15, 0.2) is 0 Å². The van der Waals surface area contributed by atoms with Crippen molar-refractivity contribution < 1.29 is 14.7 Å². The number of hydrogen-bond acceptors (Lipinski definition) is 2. The first kappa shape index (κ1) is 19.0. The molecule has 1 amide bonds. The van der Waals surface area contributed by atoms with Crippen LogP contribution in [0.4, 0.5) is 0 Å². The number of fused-ring (bicyclic) bond motifs is 2. The predicted molar refractivity (Wildman–Crippen MR) is 95.6 cm³/mol. The van der Waals surface area contributed by atoms with Gasteiger partial charge in [0.2, 0.25) is 5.91 Å². The lowest BCUT2D eigenvalue weighted by molar-refractivity contribution is -0.147. The highest BCUT2D eigenvalue weighted by Gasteiger charge is 2.51. The van der Waals surface area contributed by atoms with Gasteiger partial charge in [0.1, 0.15) is 0 Å². The van der Waals surface area contributed by atoms with Gasteiger partial charge in [0.05, 0.1) is 11.8 Å². The Labute approximate surface area is 146 Å². The van der Waals surface area contributed by atoms with Crippen molar-refractivity contribution in [3.05, 3.63) is 12.2 Å². The Morgan fingerprint density at radius 1 is 0.917 bits per heavy atom. The zero-order valence-corrected chi connectivity index (χ0v) is 15.0. The lowest BCUT2D eigenvalue weighted by Gasteiger charge is -2.23. The number of unbranched alkanes of at least 4 members (excludes halogenated alkanes) is 8. The van der Waals surface area contributed by atoms with E-state index in [0.29, 0.717) is 6.54 Å². The molecule has 0 radical (unpaired) electrons. The van der Waals surface area contributed by atoms with Gasteiger partial charge in [0, 0.05) is 6.54 Å². The van der Waals surface area contributed by atoms with Crippen LogP contribution in [0.5, 0.6) is 0 Å². The molecular formula is C20H33NO3. The normalized spacial score (nSPS) is 27.5. The molecule has 1 fully saturated rings. The smallest absolute Gasteiger partial charge is 0.307 e. The molecule has 2 aliphatic carbocycles. The van der Waals surface area contributed by atoms with Gasteiger partial charge in [0.25, 0.3) is 0 Å². The molecule has 136 valence electrons. The van der Waals surface area contributed by atoms with E-state index in [-0.39, 0.29) is 23.7 Å². The number of carbonyl (C=O) groups is 2. The van der Waals surface area contributed by atoms with Crippen molar-refractivity contribution in [2.45, 2.75) is 71.1 Å². The van der Waals surface area contributed by atoms with Gasteiger partial charge in [-0.15, -0.1) is 0 Å².